The number of benzene rings is 2. The van der Waals surface area contributed by atoms with Crippen molar-refractivity contribution in [1.29, 1.82) is 0 Å². The summed E-state index contributed by atoms with van der Waals surface area (Å²) in [4.78, 5) is 7.44. The summed E-state index contributed by atoms with van der Waals surface area (Å²) in [5.41, 5.74) is 13.0. The molecule has 0 amide bonds. The van der Waals surface area contributed by atoms with Crippen molar-refractivity contribution in [3.05, 3.63) is 66.0 Å². The largest absolute Gasteiger partial charge is 0.371 e. The first-order valence-electron chi connectivity index (χ1n) is 11.4. The molecule has 1 fully saturated rings. The lowest BCUT2D eigenvalue weighted by Gasteiger charge is -2.53. The van der Waals surface area contributed by atoms with Gasteiger partial charge in [-0.05, 0) is 60.7 Å². The SMILES string of the molecule is C=C(CCCN1CCC2(N)N3CCN(C)c4cccc(c43)C2(C)C1)c1ccc(F)cc1. The molecule has 0 saturated carbocycles. The molecule has 0 spiro atoms. The molecular weight excluding hydrogens is 387 g/mol. The first-order chi connectivity index (χ1) is 14.8. The molecule has 3 aliphatic heterocycles. The highest BCUT2D eigenvalue weighted by atomic mass is 19.1. The summed E-state index contributed by atoms with van der Waals surface area (Å²) in [6.45, 7) is 11.6. The van der Waals surface area contributed by atoms with Crippen LogP contribution in [-0.2, 0) is 5.41 Å². The average Bonchev–Trinajstić information content (AvgIpc) is 2.96. The van der Waals surface area contributed by atoms with Gasteiger partial charge in [-0.15, -0.1) is 0 Å². The fraction of sp³-hybridized carbons (Fsp3) is 0.462. The number of likely N-dealkylation sites (N-methyl/N-ethyl adjacent to an activating group) is 1. The van der Waals surface area contributed by atoms with Crippen LogP contribution in [0, 0.1) is 5.82 Å². The Morgan fingerprint density at radius 2 is 1.90 bits per heavy atom. The number of rotatable bonds is 5. The maximum absolute atomic E-state index is 13.2. The summed E-state index contributed by atoms with van der Waals surface area (Å²) >= 11 is 0. The number of nitrogens with two attached hydrogens (primary N) is 1. The van der Waals surface area contributed by atoms with Gasteiger partial charge >= 0.3 is 0 Å². The van der Waals surface area contributed by atoms with Gasteiger partial charge in [0.05, 0.1) is 11.4 Å². The molecule has 5 rings (SSSR count). The van der Waals surface area contributed by atoms with Crippen molar-refractivity contribution >= 4 is 16.9 Å². The van der Waals surface area contributed by atoms with Crippen LogP contribution in [0.2, 0.25) is 0 Å². The van der Waals surface area contributed by atoms with E-state index in [2.05, 4.69) is 53.4 Å². The standard InChI is InChI=1S/C26H33FN4/c1-19(20-9-11-21(27)12-10-20)6-5-14-30-15-13-26(28)25(2,18-30)22-7-4-8-23-24(22)31(26)17-16-29(23)3/h4,7-12H,1,5-6,13-18,28H2,2-3H3. The zero-order valence-corrected chi connectivity index (χ0v) is 18.7. The van der Waals surface area contributed by atoms with Crippen molar-refractivity contribution in [2.45, 2.75) is 37.3 Å². The van der Waals surface area contributed by atoms with Gasteiger partial charge in [0, 0.05) is 38.6 Å². The second kappa shape index (κ2) is 7.35. The fourth-order valence-electron chi connectivity index (χ4n) is 6.01. The summed E-state index contributed by atoms with van der Waals surface area (Å²) < 4.78 is 13.2. The average molecular weight is 421 g/mol. The number of hydrogen-bond donors (Lipinski definition) is 1. The summed E-state index contributed by atoms with van der Waals surface area (Å²) in [5, 5.41) is 0. The summed E-state index contributed by atoms with van der Waals surface area (Å²) in [6.07, 6.45) is 2.94. The van der Waals surface area contributed by atoms with E-state index in [1.807, 2.05) is 12.1 Å². The third-order valence-electron chi connectivity index (χ3n) is 7.94. The van der Waals surface area contributed by atoms with Crippen LogP contribution in [0.5, 0.6) is 0 Å². The monoisotopic (exact) mass is 420 g/mol. The molecule has 0 bridgehead atoms. The molecule has 3 aliphatic rings. The second-order valence-corrected chi connectivity index (χ2v) is 9.74. The minimum atomic E-state index is -0.319. The quantitative estimate of drug-likeness (QED) is 0.786. The molecule has 2 atom stereocenters. The number of nitrogens with zero attached hydrogens (tertiary/aromatic N) is 3. The van der Waals surface area contributed by atoms with E-state index in [1.54, 1.807) is 0 Å². The maximum Gasteiger partial charge on any atom is 0.123 e. The minimum absolute atomic E-state index is 0.0876. The molecule has 5 heteroatoms. The lowest BCUT2D eigenvalue weighted by atomic mass is 9.70. The Hall–Kier alpha value is -2.37. The fourth-order valence-corrected chi connectivity index (χ4v) is 6.01. The Morgan fingerprint density at radius 3 is 2.68 bits per heavy atom. The molecule has 4 nitrogen and oxygen atoms in total. The van der Waals surface area contributed by atoms with Gasteiger partial charge in [-0.2, -0.15) is 0 Å². The summed E-state index contributed by atoms with van der Waals surface area (Å²) in [5.74, 6) is -0.201. The van der Waals surface area contributed by atoms with Crippen LogP contribution in [0.15, 0.2) is 49.0 Å². The molecule has 2 unspecified atom stereocenters. The van der Waals surface area contributed by atoms with E-state index in [1.165, 1.54) is 29.1 Å². The van der Waals surface area contributed by atoms with Crippen molar-refractivity contribution in [1.82, 2.24) is 4.90 Å². The number of para-hydroxylation sites is 1. The number of fused-ring (bicyclic) bond motifs is 3. The topological polar surface area (TPSA) is 35.7 Å². The normalized spacial score (nSPS) is 27.2. The zero-order valence-electron chi connectivity index (χ0n) is 18.7. The molecule has 0 radical (unpaired) electrons. The van der Waals surface area contributed by atoms with Gasteiger partial charge in [-0.3, -0.25) is 0 Å². The number of anilines is 2. The van der Waals surface area contributed by atoms with Crippen molar-refractivity contribution in [2.75, 3.05) is 49.6 Å². The Labute approximate surface area is 185 Å². The van der Waals surface area contributed by atoms with Crippen LogP contribution in [-0.4, -0.2) is 50.3 Å². The minimum Gasteiger partial charge on any atom is -0.371 e. The van der Waals surface area contributed by atoms with Gasteiger partial charge in [-0.25, -0.2) is 4.39 Å². The highest BCUT2D eigenvalue weighted by Crippen LogP contribution is 2.56. The predicted octanol–water partition coefficient (Wildman–Crippen LogP) is 4.21. The molecule has 2 aromatic rings. The van der Waals surface area contributed by atoms with Crippen LogP contribution < -0.4 is 15.5 Å². The van der Waals surface area contributed by atoms with Gasteiger partial charge in [0.1, 0.15) is 11.5 Å². The summed E-state index contributed by atoms with van der Waals surface area (Å²) in [6, 6.07) is 13.4. The van der Waals surface area contributed by atoms with Crippen LogP contribution >= 0.6 is 0 Å². The third-order valence-corrected chi connectivity index (χ3v) is 7.94. The van der Waals surface area contributed by atoms with Gasteiger partial charge in [0.15, 0.2) is 0 Å². The second-order valence-electron chi connectivity index (χ2n) is 9.74. The predicted molar refractivity (Wildman–Crippen MR) is 127 cm³/mol. The van der Waals surface area contributed by atoms with Gasteiger partial charge in [0.2, 0.25) is 0 Å². The zero-order chi connectivity index (χ0) is 21.8. The van der Waals surface area contributed by atoms with Crippen LogP contribution in [0.3, 0.4) is 0 Å². The molecule has 1 saturated heterocycles. The third kappa shape index (κ3) is 3.09. The van der Waals surface area contributed by atoms with Crippen LogP contribution in [0.4, 0.5) is 15.8 Å². The van der Waals surface area contributed by atoms with Crippen molar-refractivity contribution in [2.24, 2.45) is 5.73 Å². The number of allylic oxidation sites excluding steroid dienone is 1. The first-order valence-corrected chi connectivity index (χ1v) is 11.4. The smallest absolute Gasteiger partial charge is 0.123 e. The van der Waals surface area contributed by atoms with Crippen molar-refractivity contribution < 1.29 is 4.39 Å². The molecule has 0 aromatic heterocycles. The molecule has 31 heavy (non-hydrogen) atoms. The van der Waals surface area contributed by atoms with Crippen LogP contribution in [0.1, 0.15) is 37.3 Å². The Balaban J connectivity index is 1.30. The lowest BCUT2D eigenvalue weighted by molar-refractivity contribution is 0.0826. The molecular formula is C26H33FN4. The number of piperidine rings is 1. The summed E-state index contributed by atoms with van der Waals surface area (Å²) in [7, 11) is 2.18. The van der Waals surface area contributed by atoms with Gasteiger partial charge < -0.3 is 20.4 Å². The van der Waals surface area contributed by atoms with Gasteiger partial charge in [0.25, 0.3) is 0 Å². The number of hydrogen-bond acceptors (Lipinski definition) is 4. The van der Waals surface area contributed by atoms with E-state index in [0.717, 1.165) is 63.1 Å². The van der Waals surface area contributed by atoms with Crippen molar-refractivity contribution in [3.8, 4) is 0 Å². The molecule has 0 aliphatic carbocycles. The lowest BCUT2D eigenvalue weighted by Crippen LogP contribution is -2.71. The number of likely N-dealkylation sites (tertiary alicyclic amines) is 1. The van der Waals surface area contributed by atoms with E-state index in [0.29, 0.717) is 0 Å². The Kier molecular flexibility index (Phi) is 4.87. The van der Waals surface area contributed by atoms with Crippen LogP contribution in [0.25, 0.3) is 5.57 Å². The van der Waals surface area contributed by atoms with E-state index >= 15 is 0 Å². The van der Waals surface area contributed by atoms with E-state index in [4.69, 9.17) is 5.73 Å². The Bertz CT molecular complexity index is 1000. The van der Waals surface area contributed by atoms with Crippen molar-refractivity contribution in [3.63, 3.8) is 0 Å². The molecule has 164 valence electrons. The molecule has 2 aromatic carbocycles. The highest BCUT2D eigenvalue weighted by Gasteiger charge is 2.60. The van der Waals surface area contributed by atoms with Gasteiger partial charge in [-0.1, -0.05) is 37.8 Å². The van der Waals surface area contributed by atoms with E-state index in [9.17, 15) is 4.39 Å². The molecule has 2 N–H and O–H groups in total. The molecule has 3 heterocycles. The number of halogens is 1. The van der Waals surface area contributed by atoms with E-state index < -0.39 is 0 Å². The maximum atomic E-state index is 13.2. The van der Waals surface area contributed by atoms with E-state index in [-0.39, 0.29) is 16.9 Å². The first kappa shape index (κ1) is 20.5. The Morgan fingerprint density at radius 1 is 1.13 bits per heavy atom. The highest BCUT2D eigenvalue weighted by molar-refractivity contribution is 5.83.